The van der Waals surface area contributed by atoms with Crippen molar-refractivity contribution in [3.8, 4) is 0 Å². The number of amides is 1. The van der Waals surface area contributed by atoms with Crippen LogP contribution in [0.3, 0.4) is 0 Å². The minimum absolute atomic E-state index is 0.192. The molecule has 0 radical (unpaired) electrons. The Morgan fingerprint density at radius 2 is 1.65 bits per heavy atom. The first kappa shape index (κ1) is 18.0. The lowest BCUT2D eigenvalue weighted by molar-refractivity contribution is 0.0432. The minimum atomic E-state index is 0.192. The van der Waals surface area contributed by atoms with Crippen molar-refractivity contribution >= 4 is 5.91 Å². The van der Waals surface area contributed by atoms with Gasteiger partial charge in [0.2, 0.25) is 0 Å². The number of carbonyl (C=O) groups is 1. The lowest BCUT2D eigenvalue weighted by Gasteiger charge is -2.35. The molecule has 3 aliphatic rings. The van der Waals surface area contributed by atoms with Crippen molar-refractivity contribution in [2.24, 2.45) is 0 Å². The SMILES string of the molecule is O=C(c1ccc(C2CCCCC2)cc1)N1CCN(CC2CCCO2)CC1. The van der Waals surface area contributed by atoms with Crippen LogP contribution in [0.4, 0.5) is 0 Å². The van der Waals surface area contributed by atoms with Gasteiger partial charge in [-0.3, -0.25) is 9.69 Å². The number of nitrogens with zero attached hydrogens (tertiary/aromatic N) is 2. The van der Waals surface area contributed by atoms with Crippen LogP contribution in [0.2, 0.25) is 0 Å². The van der Waals surface area contributed by atoms with Gasteiger partial charge in [-0.05, 0) is 49.3 Å². The van der Waals surface area contributed by atoms with Crippen molar-refractivity contribution in [1.29, 1.82) is 0 Å². The van der Waals surface area contributed by atoms with Crippen LogP contribution >= 0.6 is 0 Å². The molecule has 2 heterocycles. The molecule has 142 valence electrons. The number of hydrogen-bond acceptors (Lipinski definition) is 3. The summed E-state index contributed by atoms with van der Waals surface area (Å²) in [6.45, 7) is 5.53. The molecule has 1 atom stereocenters. The van der Waals surface area contributed by atoms with E-state index in [1.807, 2.05) is 17.0 Å². The van der Waals surface area contributed by atoms with Gasteiger partial charge in [0.1, 0.15) is 0 Å². The summed E-state index contributed by atoms with van der Waals surface area (Å²) in [6, 6.07) is 8.48. The van der Waals surface area contributed by atoms with Crippen LogP contribution in [0.15, 0.2) is 24.3 Å². The standard InChI is InChI=1S/C22H32N2O2/c25-22(20-10-8-19(9-11-20)18-5-2-1-3-6-18)24-14-12-23(13-15-24)17-21-7-4-16-26-21/h8-11,18,21H,1-7,12-17H2. The van der Waals surface area contributed by atoms with Crippen LogP contribution in [0, 0.1) is 0 Å². The van der Waals surface area contributed by atoms with Crippen molar-refractivity contribution in [2.75, 3.05) is 39.3 Å². The third-order valence-electron chi connectivity index (χ3n) is 6.38. The Morgan fingerprint density at radius 3 is 2.31 bits per heavy atom. The fraction of sp³-hybridized carbons (Fsp3) is 0.682. The highest BCUT2D eigenvalue weighted by Gasteiger charge is 2.25. The van der Waals surface area contributed by atoms with Crippen molar-refractivity contribution in [1.82, 2.24) is 9.80 Å². The summed E-state index contributed by atoms with van der Waals surface area (Å²) >= 11 is 0. The summed E-state index contributed by atoms with van der Waals surface area (Å²) in [5.74, 6) is 0.895. The molecule has 1 aromatic carbocycles. The maximum absolute atomic E-state index is 12.8. The zero-order chi connectivity index (χ0) is 17.8. The molecule has 4 nitrogen and oxygen atoms in total. The van der Waals surface area contributed by atoms with Crippen molar-refractivity contribution < 1.29 is 9.53 Å². The molecule has 26 heavy (non-hydrogen) atoms. The quantitative estimate of drug-likeness (QED) is 0.825. The first-order valence-electron chi connectivity index (χ1n) is 10.5. The predicted octanol–water partition coefficient (Wildman–Crippen LogP) is 3.67. The van der Waals surface area contributed by atoms with Gasteiger partial charge < -0.3 is 9.64 Å². The highest BCUT2D eigenvalue weighted by molar-refractivity contribution is 5.94. The molecule has 4 rings (SSSR count). The number of piperazine rings is 1. The molecule has 1 unspecified atom stereocenters. The number of benzene rings is 1. The van der Waals surface area contributed by atoms with Crippen LogP contribution in [0.25, 0.3) is 0 Å². The van der Waals surface area contributed by atoms with Gasteiger partial charge in [0.25, 0.3) is 5.91 Å². The van der Waals surface area contributed by atoms with Gasteiger partial charge in [-0.25, -0.2) is 0 Å². The molecule has 0 aromatic heterocycles. The molecule has 1 saturated carbocycles. The number of hydrogen-bond donors (Lipinski definition) is 0. The van der Waals surface area contributed by atoms with E-state index in [9.17, 15) is 4.79 Å². The monoisotopic (exact) mass is 356 g/mol. The topological polar surface area (TPSA) is 32.8 Å². The lowest BCUT2D eigenvalue weighted by Crippen LogP contribution is -2.50. The Labute approximate surface area is 157 Å². The largest absolute Gasteiger partial charge is 0.377 e. The average molecular weight is 357 g/mol. The Kier molecular flexibility index (Phi) is 5.91. The maximum Gasteiger partial charge on any atom is 0.253 e. The van der Waals surface area contributed by atoms with E-state index < -0.39 is 0 Å². The van der Waals surface area contributed by atoms with E-state index in [-0.39, 0.29) is 5.91 Å². The molecule has 3 fully saturated rings. The van der Waals surface area contributed by atoms with Gasteiger partial charge in [-0.15, -0.1) is 0 Å². The Balaban J connectivity index is 1.29. The van der Waals surface area contributed by atoms with Crippen molar-refractivity contribution in [2.45, 2.75) is 57.0 Å². The van der Waals surface area contributed by atoms with E-state index in [0.717, 1.165) is 44.9 Å². The summed E-state index contributed by atoms with van der Waals surface area (Å²) < 4.78 is 5.74. The molecular formula is C22H32N2O2. The smallest absolute Gasteiger partial charge is 0.253 e. The van der Waals surface area contributed by atoms with Gasteiger partial charge in [0.15, 0.2) is 0 Å². The highest BCUT2D eigenvalue weighted by atomic mass is 16.5. The van der Waals surface area contributed by atoms with E-state index in [4.69, 9.17) is 4.74 Å². The molecule has 2 aliphatic heterocycles. The van der Waals surface area contributed by atoms with Gasteiger partial charge in [-0.1, -0.05) is 31.4 Å². The Morgan fingerprint density at radius 1 is 0.923 bits per heavy atom. The third kappa shape index (κ3) is 4.29. The molecule has 1 aromatic rings. The molecular weight excluding hydrogens is 324 g/mol. The van der Waals surface area contributed by atoms with Gasteiger partial charge >= 0.3 is 0 Å². The van der Waals surface area contributed by atoms with E-state index in [1.165, 1.54) is 50.5 Å². The Hall–Kier alpha value is -1.39. The van der Waals surface area contributed by atoms with Gasteiger partial charge in [0.05, 0.1) is 6.10 Å². The summed E-state index contributed by atoms with van der Waals surface area (Å²) in [5.41, 5.74) is 2.26. The molecule has 0 spiro atoms. The number of rotatable bonds is 4. The predicted molar refractivity (Wildman–Crippen MR) is 104 cm³/mol. The summed E-state index contributed by atoms with van der Waals surface area (Å²) in [7, 11) is 0. The maximum atomic E-state index is 12.8. The van der Waals surface area contributed by atoms with Crippen LogP contribution in [0.5, 0.6) is 0 Å². The first-order valence-corrected chi connectivity index (χ1v) is 10.5. The molecule has 0 N–H and O–H groups in total. The fourth-order valence-corrected chi connectivity index (χ4v) is 4.73. The van der Waals surface area contributed by atoms with Gasteiger partial charge in [-0.2, -0.15) is 0 Å². The summed E-state index contributed by atoms with van der Waals surface area (Å²) in [4.78, 5) is 17.3. The van der Waals surface area contributed by atoms with E-state index in [0.29, 0.717) is 12.0 Å². The molecule has 2 saturated heterocycles. The van der Waals surface area contributed by atoms with Crippen LogP contribution in [-0.2, 0) is 4.74 Å². The van der Waals surface area contributed by atoms with Crippen molar-refractivity contribution in [3.63, 3.8) is 0 Å². The van der Waals surface area contributed by atoms with Gasteiger partial charge in [0, 0.05) is 44.9 Å². The minimum Gasteiger partial charge on any atom is -0.377 e. The van der Waals surface area contributed by atoms with Crippen LogP contribution < -0.4 is 0 Å². The first-order chi connectivity index (χ1) is 12.8. The van der Waals surface area contributed by atoms with Crippen LogP contribution in [-0.4, -0.2) is 61.1 Å². The molecule has 0 bridgehead atoms. The third-order valence-corrected chi connectivity index (χ3v) is 6.38. The molecule has 1 amide bonds. The Bertz CT molecular complexity index is 581. The molecule has 1 aliphatic carbocycles. The number of carbonyl (C=O) groups excluding carboxylic acids is 1. The van der Waals surface area contributed by atoms with Crippen molar-refractivity contribution in [3.05, 3.63) is 35.4 Å². The normalized spacial score (nSPS) is 25.5. The summed E-state index contributed by atoms with van der Waals surface area (Å²) in [5, 5.41) is 0. The van der Waals surface area contributed by atoms with E-state index >= 15 is 0 Å². The zero-order valence-corrected chi connectivity index (χ0v) is 15.9. The fourth-order valence-electron chi connectivity index (χ4n) is 4.73. The molecule has 4 heteroatoms. The second-order valence-electron chi connectivity index (χ2n) is 8.18. The van der Waals surface area contributed by atoms with E-state index in [1.54, 1.807) is 0 Å². The average Bonchev–Trinajstić information content (AvgIpc) is 3.22. The highest BCUT2D eigenvalue weighted by Crippen LogP contribution is 2.32. The zero-order valence-electron chi connectivity index (χ0n) is 15.9. The summed E-state index contributed by atoms with van der Waals surface area (Å²) in [6.07, 6.45) is 9.48. The van der Waals surface area contributed by atoms with E-state index in [2.05, 4.69) is 17.0 Å². The second-order valence-corrected chi connectivity index (χ2v) is 8.18. The lowest BCUT2D eigenvalue weighted by atomic mass is 9.84. The number of ether oxygens (including phenoxy) is 1. The van der Waals surface area contributed by atoms with Crippen LogP contribution in [0.1, 0.15) is 66.8 Å². The second kappa shape index (κ2) is 8.53.